The molecule has 1 saturated heterocycles. The summed E-state index contributed by atoms with van der Waals surface area (Å²) in [6, 6.07) is 7.86. The van der Waals surface area contributed by atoms with E-state index in [0.717, 1.165) is 62.8 Å². The van der Waals surface area contributed by atoms with Gasteiger partial charge < -0.3 is 25.0 Å². The van der Waals surface area contributed by atoms with Gasteiger partial charge in [-0.15, -0.1) is 0 Å². The van der Waals surface area contributed by atoms with Crippen molar-refractivity contribution in [3.63, 3.8) is 0 Å². The van der Waals surface area contributed by atoms with E-state index in [1.54, 1.807) is 14.2 Å². The van der Waals surface area contributed by atoms with Gasteiger partial charge in [0.05, 0.1) is 13.7 Å². The molecule has 1 unspecified atom stereocenters. The van der Waals surface area contributed by atoms with Gasteiger partial charge in [-0.25, -0.2) is 0 Å². The molecule has 0 bridgehead atoms. The van der Waals surface area contributed by atoms with Gasteiger partial charge in [0.25, 0.3) is 0 Å². The Morgan fingerprint density at radius 2 is 1.90 bits per heavy atom. The van der Waals surface area contributed by atoms with Crippen molar-refractivity contribution in [3.8, 4) is 11.5 Å². The molecule has 1 atom stereocenters. The van der Waals surface area contributed by atoms with Crippen molar-refractivity contribution in [2.24, 2.45) is 10.9 Å². The van der Waals surface area contributed by atoms with Crippen molar-refractivity contribution in [1.82, 2.24) is 15.5 Å². The average molecular weight is 403 g/mol. The zero-order valence-corrected chi connectivity index (χ0v) is 17.7. The molecule has 1 aromatic carbocycles. The molecule has 1 aliphatic heterocycles. The summed E-state index contributed by atoms with van der Waals surface area (Å²) in [6.45, 7) is 3.02. The first-order valence-electron chi connectivity index (χ1n) is 10.7. The minimum Gasteiger partial charge on any atom is -0.497 e. The highest BCUT2D eigenvalue weighted by Gasteiger charge is 2.32. The fraction of sp³-hybridized carbons (Fsp3) is 0.636. The predicted octanol–water partition coefficient (Wildman–Crippen LogP) is 2.42. The quantitative estimate of drug-likeness (QED) is 0.397. The van der Waals surface area contributed by atoms with Crippen molar-refractivity contribution in [2.45, 2.75) is 44.6 Å². The van der Waals surface area contributed by atoms with E-state index in [0.29, 0.717) is 12.5 Å². The van der Waals surface area contributed by atoms with Crippen LogP contribution < -0.4 is 20.1 Å². The summed E-state index contributed by atoms with van der Waals surface area (Å²) in [5, 5.41) is 6.79. The molecule has 1 amide bonds. The molecule has 0 aromatic heterocycles. The predicted molar refractivity (Wildman–Crippen MR) is 115 cm³/mol. The molecule has 160 valence electrons. The van der Waals surface area contributed by atoms with Crippen LogP contribution in [-0.4, -0.2) is 63.2 Å². The summed E-state index contributed by atoms with van der Waals surface area (Å²) in [5.74, 6) is 3.06. The SMILES string of the molecule is CN=C(NCCCOc1ccc(OC)cc1)NC1CCN(C(=O)C2CCCC2)C1. The Morgan fingerprint density at radius 1 is 1.17 bits per heavy atom. The van der Waals surface area contributed by atoms with Gasteiger partial charge in [-0.1, -0.05) is 12.8 Å². The number of aliphatic imine (C=N–C) groups is 1. The summed E-state index contributed by atoms with van der Waals surface area (Å²) in [7, 11) is 3.43. The van der Waals surface area contributed by atoms with E-state index >= 15 is 0 Å². The highest BCUT2D eigenvalue weighted by atomic mass is 16.5. The number of rotatable bonds is 8. The van der Waals surface area contributed by atoms with Crippen LogP contribution in [0.3, 0.4) is 0 Å². The highest BCUT2D eigenvalue weighted by molar-refractivity contribution is 5.81. The molecule has 2 N–H and O–H groups in total. The van der Waals surface area contributed by atoms with Crippen molar-refractivity contribution in [1.29, 1.82) is 0 Å². The van der Waals surface area contributed by atoms with Gasteiger partial charge in [0.1, 0.15) is 11.5 Å². The third-order valence-corrected chi connectivity index (χ3v) is 5.71. The molecule has 1 aliphatic carbocycles. The fourth-order valence-corrected chi connectivity index (χ4v) is 4.04. The second-order valence-electron chi connectivity index (χ2n) is 7.77. The number of amides is 1. The Hall–Kier alpha value is -2.44. The zero-order valence-electron chi connectivity index (χ0n) is 17.7. The summed E-state index contributed by atoms with van der Waals surface area (Å²) in [4.78, 5) is 18.9. The van der Waals surface area contributed by atoms with Gasteiger partial charge in [0, 0.05) is 38.6 Å². The third kappa shape index (κ3) is 6.27. The maximum Gasteiger partial charge on any atom is 0.225 e. The number of methoxy groups -OCH3 is 1. The third-order valence-electron chi connectivity index (χ3n) is 5.71. The minimum atomic E-state index is 0.261. The van der Waals surface area contributed by atoms with Crippen LogP contribution in [0, 0.1) is 5.92 Å². The van der Waals surface area contributed by atoms with Crippen LogP contribution >= 0.6 is 0 Å². The van der Waals surface area contributed by atoms with E-state index in [1.807, 2.05) is 29.2 Å². The van der Waals surface area contributed by atoms with E-state index < -0.39 is 0 Å². The van der Waals surface area contributed by atoms with Crippen LogP contribution in [-0.2, 0) is 4.79 Å². The largest absolute Gasteiger partial charge is 0.497 e. The standard InChI is InChI=1S/C22H34N4O3/c1-23-22(24-13-5-15-29-20-10-8-19(28-2)9-11-20)25-18-12-14-26(16-18)21(27)17-6-3-4-7-17/h8-11,17-18H,3-7,12-16H2,1-2H3,(H2,23,24,25). The number of likely N-dealkylation sites (tertiary alicyclic amines) is 1. The van der Waals surface area contributed by atoms with Crippen LogP contribution in [0.4, 0.5) is 0 Å². The summed E-state index contributed by atoms with van der Waals surface area (Å²) < 4.78 is 10.9. The first-order chi connectivity index (χ1) is 14.2. The van der Waals surface area contributed by atoms with Crippen molar-refractivity contribution >= 4 is 11.9 Å². The minimum absolute atomic E-state index is 0.261. The number of hydrogen-bond acceptors (Lipinski definition) is 4. The van der Waals surface area contributed by atoms with E-state index in [9.17, 15) is 4.79 Å². The number of hydrogen-bond donors (Lipinski definition) is 2. The van der Waals surface area contributed by atoms with Gasteiger partial charge in [-0.3, -0.25) is 9.79 Å². The van der Waals surface area contributed by atoms with Crippen molar-refractivity contribution < 1.29 is 14.3 Å². The molecule has 29 heavy (non-hydrogen) atoms. The summed E-state index contributed by atoms with van der Waals surface area (Å²) in [5.41, 5.74) is 0. The Bertz CT molecular complexity index is 671. The lowest BCUT2D eigenvalue weighted by Gasteiger charge is -2.21. The molecular weight excluding hydrogens is 368 g/mol. The van der Waals surface area contributed by atoms with Gasteiger partial charge in [0.2, 0.25) is 5.91 Å². The van der Waals surface area contributed by atoms with Gasteiger partial charge in [-0.05, 0) is 49.9 Å². The van der Waals surface area contributed by atoms with Crippen molar-refractivity contribution in [2.75, 3.05) is 40.4 Å². The summed E-state index contributed by atoms with van der Waals surface area (Å²) >= 11 is 0. The second-order valence-corrected chi connectivity index (χ2v) is 7.77. The Labute approximate surface area is 173 Å². The normalized spacial score (nSPS) is 20.0. The average Bonchev–Trinajstić information content (AvgIpc) is 3.45. The number of carbonyl (C=O) groups excluding carboxylic acids is 1. The second kappa shape index (κ2) is 10.9. The molecular formula is C22H34N4O3. The van der Waals surface area contributed by atoms with E-state index in [4.69, 9.17) is 9.47 Å². The molecule has 3 rings (SSSR count). The molecule has 7 heteroatoms. The van der Waals surface area contributed by atoms with E-state index in [-0.39, 0.29) is 12.0 Å². The van der Waals surface area contributed by atoms with Crippen molar-refractivity contribution in [3.05, 3.63) is 24.3 Å². The number of nitrogens with zero attached hydrogens (tertiary/aromatic N) is 2. The maximum absolute atomic E-state index is 12.6. The molecule has 2 aliphatic rings. The monoisotopic (exact) mass is 402 g/mol. The molecule has 1 aromatic rings. The molecule has 1 saturated carbocycles. The first kappa shape index (κ1) is 21.3. The number of nitrogens with one attached hydrogen (secondary N) is 2. The molecule has 1 heterocycles. The molecule has 0 spiro atoms. The zero-order chi connectivity index (χ0) is 20.5. The highest BCUT2D eigenvalue weighted by Crippen LogP contribution is 2.27. The topological polar surface area (TPSA) is 75.2 Å². The lowest BCUT2D eigenvalue weighted by atomic mass is 10.1. The lowest BCUT2D eigenvalue weighted by Crippen LogP contribution is -2.45. The van der Waals surface area contributed by atoms with Crippen LogP contribution in [0.2, 0.25) is 0 Å². The smallest absolute Gasteiger partial charge is 0.225 e. The lowest BCUT2D eigenvalue weighted by molar-refractivity contribution is -0.134. The Morgan fingerprint density at radius 3 is 2.59 bits per heavy atom. The Kier molecular flexibility index (Phi) is 8.02. The van der Waals surface area contributed by atoms with Crippen LogP contribution in [0.25, 0.3) is 0 Å². The first-order valence-corrected chi connectivity index (χ1v) is 10.7. The van der Waals surface area contributed by atoms with Crippen LogP contribution in [0.1, 0.15) is 38.5 Å². The van der Waals surface area contributed by atoms with Gasteiger partial charge in [0.15, 0.2) is 5.96 Å². The van der Waals surface area contributed by atoms with Crippen LogP contribution in [0.5, 0.6) is 11.5 Å². The van der Waals surface area contributed by atoms with E-state index in [1.165, 1.54) is 12.8 Å². The number of carbonyl (C=O) groups is 1. The number of ether oxygens (including phenoxy) is 2. The summed E-state index contributed by atoms with van der Waals surface area (Å²) in [6.07, 6.45) is 6.36. The maximum atomic E-state index is 12.6. The molecule has 2 fully saturated rings. The fourth-order valence-electron chi connectivity index (χ4n) is 4.04. The Balaban J connectivity index is 1.31. The molecule has 7 nitrogen and oxygen atoms in total. The van der Waals surface area contributed by atoms with Crippen LogP contribution in [0.15, 0.2) is 29.3 Å². The molecule has 0 radical (unpaired) electrons. The number of benzene rings is 1. The van der Waals surface area contributed by atoms with Gasteiger partial charge in [-0.2, -0.15) is 0 Å². The number of guanidine groups is 1. The van der Waals surface area contributed by atoms with Gasteiger partial charge >= 0.3 is 0 Å². The van der Waals surface area contributed by atoms with E-state index in [2.05, 4.69) is 15.6 Å².